The second-order valence-electron chi connectivity index (χ2n) is 3.60. The van der Waals surface area contributed by atoms with Crippen LogP contribution in [0.25, 0.3) is 0 Å². The number of rotatable bonds is 5. The fourth-order valence-electron chi connectivity index (χ4n) is 1.52. The highest BCUT2D eigenvalue weighted by molar-refractivity contribution is 5.52. The van der Waals surface area contributed by atoms with Gasteiger partial charge in [0.25, 0.3) is 0 Å². The summed E-state index contributed by atoms with van der Waals surface area (Å²) in [7, 11) is 1.63. The molecule has 86 valence electrons. The van der Waals surface area contributed by atoms with Gasteiger partial charge in [0.05, 0.1) is 19.1 Å². The molecule has 0 aromatic carbocycles. The molecule has 0 aliphatic carbocycles. The molecule has 0 aliphatic heterocycles. The summed E-state index contributed by atoms with van der Waals surface area (Å²) in [5, 5.41) is 8.82. The lowest BCUT2D eigenvalue weighted by Crippen LogP contribution is -2.28. The number of nitrogens with zero attached hydrogens (tertiary/aromatic N) is 3. The third-order valence-corrected chi connectivity index (χ3v) is 2.37. The van der Waals surface area contributed by atoms with E-state index in [0.29, 0.717) is 6.54 Å². The molecule has 1 rings (SSSR count). The van der Waals surface area contributed by atoms with Crippen LogP contribution in [0.15, 0.2) is 18.3 Å². The highest BCUT2D eigenvalue weighted by Crippen LogP contribution is 2.25. The summed E-state index contributed by atoms with van der Waals surface area (Å²) in [5.41, 5.74) is 0. The highest BCUT2D eigenvalue weighted by Gasteiger charge is 2.14. The minimum Gasteiger partial charge on any atom is -0.493 e. The Morgan fingerprint density at radius 3 is 2.94 bits per heavy atom. The predicted octanol–water partition coefficient (Wildman–Crippen LogP) is 2.08. The zero-order chi connectivity index (χ0) is 12.0. The van der Waals surface area contributed by atoms with Crippen LogP contribution in [0, 0.1) is 17.2 Å². The van der Waals surface area contributed by atoms with Gasteiger partial charge < -0.3 is 9.64 Å². The minimum absolute atomic E-state index is 0.0216. The lowest BCUT2D eigenvalue weighted by atomic mass is 10.2. The summed E-state index contributed by atoms with van der Waals surface area (Å²) in [4.78, 5) is 6.35. The van der Waals surface area contributed by atoms with Crippen LogP contribution in [-0.4, -0.2) is 25.2 Å². The number of hydrogen-bond donors (Lipinski definition) is 0. The van der Waals surface area contributed by atoms with Crippen molar-refractivity contribution in [2.24, 2.45) is 5.92 Å². The van der Waals surface area contributed by atoms with Crippen molar-refractivity contribution in [3.8, 4) is 11.8 Å². The summed E-state index contributed by atoms with van der Waals surface area (Å²) in [6, 6.07) is 5.94. The van der Waals surface area contributed by atoms with Crippen LogP contribution in [0.3, 0.4) is 0 Å². The fourth-order valence-corrected chi connectivity index (χ4v) is 1.52. The Morgan fingerprint density at radius 2 is 2.38 bits per heavy atom. The summed E-state index contributed by atoms with van der Waals surface area (Å²) in [5.74, 6) is 1.52. The summed E-state index contributed by atoms with van der Waals surface area (Å²) >= 11 is 0. The number of aromatic nitrogens is 1. The zero-order valence-electron chi connectivity index (χ0n) is 9.97. The third kappa shape index (κ3) is 2.86. The van der Waals surface area contributed by atoms with Crippen LogP contribution in [0.2, 0.25) is 0 Å². The molecule has 1 aromatic rings. The van der Waals surface area contributed by atoms with Gasteiger partial charge in [-0.05, 0) is 26.0 Å². The SMILES string of the molecule is CCN(CC(C)C#N)c1ncccc1OC. The molecule has 1 aromatic heterocycles. The molecule has 4 nitrogen and oxygen atoms in total. The van der Waals surface area contributed by atoms with E-state index < -0.39 is 0 Å². The van der Waals surface area contributed by atoms with Crippen molar-refractivity contribution >= 4 is 5.82 Å². The molecule has 0 radical (unpaired) electrons. The first kappa shape index (κ1) is 12.3. The Kier molecular flexibility index (Phi) is 4.59. The zero-order valence-corrected chi connectivity index (χ0v) is 9.97. The number of anilines is 1. The number of nitriles is 1. The van der Waals surface area contributed by atoms with Gasteiger partial charge in [-0.3, -0.25) is 0 Å². The van der Waals surface area contributed by atoms with E-state index in [1.165, 1.54) is 0 Å². The Bertz CT molecular complexity index is 373. The van der Waals surface area contributed by atoms with Gasteiger partial charge >= 0.3 is 0 Å². The molecule has 4 heteroatoms. The standard InChI is InChI=1S/C12H17N3O/c1-4-15(9-10(2)8-13)12-11(16-3)6-5-7-14-12/h5-7,10H,4,9H2,1-3H3. The average molecular weight is 219 g/mol. The molecule has 1 heterocycles. The van der Waals surface area contributed by atoms with Gasteiger partial charge in [-0.1, -0.05) is 0 Å². The lowest BCUT2D eigenvalue weighted by Gasteiger charge is -2.24. The Morgan fingerprint density at radius 1 is 1.62 bits per heavy atom. The van der Waals surface area contributed by atoms with Crippen LogP contribution >= 0.6 is 0 Å². The van der Waals surface area contributed by atoms with Crippen molar-refractivity contribution in [3.63, 3.8) is 0 Å². The van der Waals surface area contributed by atoms with E-state index in [1.54, 1.807) is 13.3 Å². The Labute approximate surface area is 96.5 Å². The Balaban J connectivity index is 2.90. The highest BCUT2D eigenvalue weighted by atomic mass is 16.5. The molecular formula is C12H17N3O. The molecule has 16 heavy (non-hydrogen) atoms. The third-order valence-electron chi connectivity index (χ3n) is 2.37. The molecule has 0 amide bonds. The normalized spacial score (nSPS) is 11.6. The van der Waals surface area contributed by atoms with Crippen LogP contribution in [0.5, 0.6) is 5.75 Å². The predicted molar refractivity (Wildman–Crippen MR) is 63.5 cm³/mol. The van der Waals surface area contributed by atoms with E-state index in [-0.39, 0.29) is 5.92 Å². The second-order valence-corrected chi connectivity index (χ2v) is 3.60. The van der Waals surface area contributed by atoms with Crippen molar-refractivity contribution in [3.05, 3.63) is 18.3 Å². The van der Waals surface area contributed by atoms with Gasteiger partial charge in [0.1, 0.15) is 0 Å². The van der Waals surface area contributed by atoms with E-state index in [2.05, 4.69) is 11.1 Å². The van der Waals surface area contributed by atoms with Crippen molar-refractivity contribution < 1.29 is 4.74 Å². The molecule has 1 atom stereocenters. The molecule has 0 spiro atoms. The molecule has 0 saturated heterocycles. The van der Waals surface area contributed by atoms with E-state index >= 15 is 0 Å². The van der Waals surface area contributed by atoms with Crippen molar-refractivity contribution in [1.29, 1.82) is 5.26 Å². The first-order chi connectivity index (χ1) is 7.72. The topological polar surface area (TPSA) is 49.2 Å². The molecule has 0 saturated carbocycles. The van der Waals surface area contributed by atoms with Gasteiger partial charge in [-0.2, -0.15) is 5.26 Å². The van der Waals surface area contributed by atoms with Crippen molar-refractivity contribution in [2.45, 2.75) is 13.8 Å². The molecular weight excluding hydrogens is 202 g/mol. The molecule has 0 bridgehead atoms. The van der Waals surface area contributed by atoms with Crippen molar-refractivity contribution in [2.75, 3.05) is 25.1 Å². The summed E-state index contributed by atoms with van der Waals surface area (Å²) in [6.45, 7) is 5.41. The van der Waals surface area contributed by atoms with Crippen LogP contribution in [0.4, 0.5) is 5.82 Å². The second kappa shape index (κ2) is 5.96. The molecule has 0 N–H and O–H groups in total. The quantitative estimate of drug-likeness (QED) is 0.760. The largest absolute Gasteiger partial charge is 0.493 e. The number of hydrogen-bond acceptors (Lipinski definition) is 4. The van der Waals surface area contributed by atoms with Gasteiger partial charge in [0.15, 0.2) is 11.6 Å². The van der Waals surface area contributed by atoms with E-state index in [4.69, 9.17) is 10.00 Å². The number of methoxy groups -OCH3 is 1. The average Bonchev–Trinajstić information content (AvgIpc) is 2.35. The Hall–Kier alpha value is -1.76. The van der Waals surface area contributed by atoms with E-state index in [0.717, 1.165) is 18.1 Å². The summed E-state index contributed by atoms with van der Waals surface area (Å²) in [6.07, 6.45) is 1.73. The molecule has 0 aliphatic rings. The molecule has 1 unspecified atom stereocenters. The van der Waals surface area contributed by atoms with Gasteiger partial charge in [0.2, 0.25) is 0 Å². The smallest absolute Gasteiger partial charge is 0.171 e. The van der Waals surface area contributed by atoms with Gasteiger partial charge in [0, 0.05) is 19.3 Å². The van der Waals surface area contributed by atoms with E-state index in [1.807, 2.05) is 30.9 Å². The fraction of sp³-hybridized carbons (Fsp3) is 0.500. The minimum atomic E-state index is -0.0216. The number of ether oxygens (including phenoxy) is 1. The van der Waals surface area contributed by atoms with E-state index in [9.17, 15) is 0 Å². The maximum atomic E-state index is 8.82. The maximum Gasteiger partial charge on any atom is 0.171 e. The van der Waals surface area contributed by atoms with Gasteiger partial charge in [-0.25, -0.2) is 4.98 Å². The van der Waals surface area contributed by atoms with Crippen LogP contribution in [0.1, 0.15) is 13.8 Å². The van der Waals surface area contributed by atoms with Crippen LogP contribution < -0.4 is 9.64 Å². The van der Waals surface area contributed by atoms with Crippen LogP contribution in [-0.2, 0) is 0 Å². The first-order valence-corrected chi connectivity index (χ1v) is 5.36. The number of pyridine rings is 1. The lowest BCUT2D eigenvalue weighted by molar-refractivity contribution is 0.412. The molecule has 0 fully saturated rings. The summed E-state index contributed by atoms with van der Waals surface area (Å²) < 4.78 is 5.26. The first-order valence-electron chi connectivity index (χ1n) is 5.36. The maximum absolute atomic E-state index is 8.82. The van der Waals surface area contributed by atoms with Crippen molar-refractivity contribution in [1.82, 2.24) is 4.98 Å². The van der Waals surface area contributed by atoms with Gasteiger partial charge in [-0.15, -0.1) is 0 Å². The monoisotopic (exact) mass is 219 g/mol.